The minimum Gasteiger partial charge on any atom is -0.469 e. The highest BCUT2D eigenvalue weighted by Gasteiger charge is 2.25. The smallest absolute Gasteiger partial charge is 0.332 e. The number of rotatable bonds is 5. The van der Waals surface area contributed by atoms with Crippen LogP contribution in [0.5, 0.6) is 0 Å². The fourth-order valence-corrected chi connectivity index (χ4v) is 4.12. The van der Waals surface area contributed by atoms with Crippen LogP contribution in [0.15, 0.2) is 39.9 Å². The predicted molar refractivity (Wildman–Crippen MR) is 117 cm³/mol. The summed E-state index contributed by atoms with van der Waals surface area (Å²) < 4.78 is 11.0. The summed E-state index contributed by atoms with van der Waals surface area (Å²) >= 11 is 0. The van der Waals surface area contributed by atoms with Crippen molar-refractivity contribution in [1.82, 2.24) is 23.1 Å². The second-order valence-corrected chi connectivity index (χ2v) is 7.67. The topological polar surface area (TPSA) is 92.5 Å². The van der Waals surface area contributed by atoms with Crippen molar-refractivity contribution in [2.75, 3.05) is 7.11 Å². The van der Waals surface area contributed by atoms with E-state index < -0.39 is 17.2 Å². The Morgan fingerprint density at radius 1 is 1.13 bits per heavy atom. The molecule has 0 bridgehead atoms. The number of fused-ring (bicyclic) bond motifs is 3. The lowest BCUT2D eigenvalue weighted by Crippen LogP contribution is -2.40. The maximum absolute atomic E-state index is 13.3. The molecule has 4 rings (SSSR count). The highest BCUT2D eigenvalue weighted by Crippen LogP contribution is 2.27. The Hall–Kier alpha value is -3.62. The molecule has 9 heteroatoms. The van der Waals surface area contributed by atoms with E-state index in [-0.39, 0.29) is 19.0 Å². The lowest BCUT2D eigenvalue weighted by molar-refractivity contribution is -0.140. The molecule has 0 spiro atoms. The number of ether oxygens (including phenoxy) is 1. The van der Waals surface area contributed by atoms with E-state index in [1.165, 1.54) is 11.7 Å². The average molecular weight is 423 g/mol. The Morgan fingerprint density at radius 3 is 2.45 bits per heavy atom. The third-order valence-electron chi connectivity index (χ3n) is 6.00. The lowest BCUT2D eigenvalue weighted by atomic mass is 10.1. The van der Waals surface area contributed by atoms with Gasteiger partial charge in [0.2, 0.25) is 5.78 Å². The maximum atomic E-state index is 13.3. The Labute approximate surface area is 178 Å². The number of benzene rings is 1. The quantitative estimate of drug-likeness (QED) is 0.458. The maximum Gasteiger partial charge on any atom is 0.332 e. The molecule has 1 aromatic carbocycles. The second kappa shape index (κ2) is 7.57. The minimum absolute atomic E-state index is 0.0206. The van der Waals surface area contributed by atoms with Crippen molar-refractivity contribution in [2.24, 2.45) is 7.05 Å². The molecule has 3 heterocycles. The minimum atomic E-state index is -0.515. The number of methoxy groups -OCH3 is 1. The van der Waals surface area contributed by atoms with Crippen molar-refractivity contribution < 1.29 is 9.53 Å². The summed E-state index contributed by atoms with van der Waals surface area (Å²) in [6, 6.07) is 10.0. The summed E-state index contributed by atoms with van der Waals surface area (Å²) in [6.07, 6.45) is -0.0663. The van der Waals surface area contributed by atoms with Gasteiger partial charge >= 0.3 is 11.7 Å². The van der Waals surface area contributed by atoms with Crippen LogP contribution < -0.4 is 11.2 Å². The van der Waals surface area contributed by atoms with Crippen molar-refractivity contribution in [3.05, 3.63) is 68.1 Å². The molecule has 1 atom stereocenters. The largest absolute Gasteiger partial charge is 0.469 e. The fraction of sp³-hybridized carbons (Fsp3) is 0.364. The standard InChI is InChI=1S/C22H25N5O4/c1-13-14(2)27-18-19(23-21(27)26(13)15(3)16-9-7-6-8-10-16)24(4)22(30)25(20(18)29)12-11-17(28)31-5/h6-10,15H,11-12H2,1-5H3. The summed E-state index contributed by atoms with van der Waals surface area (Å²) in [5.74, 6) is 0.113. The molecule has 0 radical (unpaired) electrons. The third-order valence-corrected chi connectivity index (χ3v) is 6.00. The number of esters is 1. The lowest BCUT2D eigenvalue weighted by Gasteiger charge is -2.16. The summed E-state index contributed by atoms with van der Waals surface area (Å²) in [5.41, 5.74) is 2.62. The van der Waals surface area contributed by atoms with E-state index in [4.69, 9.17) is 4.98 Å². The first-order valence-corrected chi connectivity index (χ1v) is 10.1. The number of aromatic nitrogens is 5. The van der Waals surface area contributed by atoms with Gasteiger partial charge in [-0.3, -0.25) is 23.1 Å². The zero-order valence-corrected chi connectivity index (χ0v) is 18.2. The van der Waals surface area contributed by atoms with Gasteiger partial charge in [-0.25, -0.2) is 4.79 Å². The van der Waals surface area contributed by atoms with E-state index >= 15 is 0 Å². The van der Waals surface area contributed by atoms with Crippen LogP contribution in [0.1, 0.15) is 36.3 Å². The highest BCUT2D eigenvalue weighted by molar-refractivity contribution is 5.76. The van der Waals surface area contributed by atoms with E-state index in [1.54, 1.807) is 11.4 Å². The third kappa shape index (κ3) is 3.08. The van der Waals surface area contributed by atoms with Crippen molar-refractivity contribution in [3.8, 4) is 0 Å². The van der Waals surface area contributed by atoms with Gasteiger partial charge in [-0.15, -0.1) is 0 Å². The van der Waals surface area contributed by atoms with Crippen molar-refractivity contribution in [2.45, 2.75) is 39.8 Å². The number of carbonyl (C=O) groups excluding carboxylic acids is 1. The van der Waals surface area contributed by atoms with E-state index in [0.29, 0.717) is 16.9 Å². The molecule has 4 aromatic rings. The molecule has 9 nitrogen and oxygen atoms in total. The molecule has 0 N–H and O–H groups in total. The summed E-state index contributed by atoms with van der Waals surface area (Å²) in [4.78, 5) is 42.4. The Balaban J connectivity index is 2.01. The zero-order chi connectivity index (χ0) is 22.4. The molecule has 0 aliphatic carbocycles. The molecule has 0 saturated heterocycles. The van der Waals surface area contributed by atoms with Gasteiger partial charge in [0.1, 0.15) is 0 Å². The first-order chi connectivity index (χ1) is 14.8. The van der Waals surface area contributed by atoms with E-state index in [1.807, 2.05) is 44.2 Å². The molecule has 31 heavy (non-hydrogen) atoms. The van der Waals surface area contributed by atoms with Gasteiger partial charge in [-0.2, -0.15) is 4.98 Å². The zero-order valence-electron chi connectivity index (χ0n) is 18.2. The molecule has 1 unspecified atom stereocenters. The molecular formula is C22H25N5O4. The van der Waals surface area contributed by atoms with Gasteiger partial charge in [0.25, 0.3) is 5.56 Å². The molecule has 3 aromatic heterocycles. The second-order valence-electron chi connectivity index (χ2n) is 7.67. The molecule has 0 fully saturated rings. The Morgan fingerprint density at radius 2 is 1.81 bits per heavy atom. The van der Waals surface area contributed by atoms with Gasteiger partial charge < -0.3 is 9.30 Å². The molecule has 0 amide bonds. The van der Waals surface area contributed by atoms with Gasteiger partial charge in [0.15, 0.2) is 11.2 Å². The number of carbonyl (C=O) groups is 1. The molecule has 0 aliphatic rings. The molecule has 162 valence electrons. The van der Waals surface area contributed by atoms with Crippen LogP contribution in [0.2, 0.25) is 0 Å². The van der Waals surface area contributed by atoms with Gasteiger partial charge in [0, 0.05) is 25.0 Å². The van der Waals surface area contributed by atoms with Crippen LogP contribution in [-0.4, -0.2) is 36.2 Å². The van der Waals surface area contributed by atoms with Gasteiger partial charge in [-0.1, -0.05) is 30.3 Å². The SMILES string of the molecule is COC(=O)CCn1c(=O)c2c(nc3n(C(C)c4ccccc4)c(C)c(C)n23)n(C)c1=O. The number of imidazole rings is 2. The van der Waals surface area contributed by atoms with E-state index in [2.05, 4.69) is 16.2 Å². The Kier molecular flexibility index (Phi) is 5.04. The van der Waals surface area contributed by atoms with Crippen LogP contribution in [0, 0.1) is 13.8 Å². The van der Waals surface area contributed by atoms with E-state index in [0.717, 1.165) is 21.5 Å². The van der Waals surface area contributed by atoms with Crippen LogP contribution in [-0.2, 0) is 23.1 Å². The van der Waals surface area contributed by atoms with Crippen molar-refractivity contribution in [3.63, 3.8) is 0 Å². The monoisotopic (exact) mass is 423 g/mol. The number of nitrogens with zero attached hydrogens (tertiary/aromatic N) is 5. The fourth-order valence-electron chi connectivity index (χ4n) is 4.12. The van der Waals surface area contributed by atoms with E-state index in [9.17, 15) is 14.4 Å². The first-order valence-electron chi connectivity index (χ1n) is 10.1. The average Bonchev–Trinajstić information content (AvgIpc) is 3.27. The van der Waals surface area contributed by atoms with Crippen molar-refractivity contribution in [1.29, 1.82) is 0 Å². The van der Waals surface area contributed by atoms with Crippen molar-refractivity contribution >= 4 is 22.9 Å². The number of aryl methyl sites for hydroxylation is 2. The Bertz CT molecular complexity index is 1420. The predicted octanol–water partition coefficient (Wildman–Crippen LogP) is 1.94. The summed E-state index contributed by atoms with van der Waals surface area (Å²) in [7, 11) is 2.86. The molecule has 0 saturated carbocycles. The van der Waals surface area contributed by atoms with Gasteiger partial charge in [0.05, 0.1) is 19.6 Å². The number of hydrogen-bond acceptors (Lipinski definition) is 5. The summed E-state index contributed by atoms with van der Waals surface area (Å²) in [5, 5.41) is 0. The molecular weight excluding hydrogens is 398 g/mol. The molecule has 0 aliphatic heterocycles. The van der Waals surface area contributed by atoms with Crippen LogP contribution in [0.25, 0.3) is 16.9 Å². The van der Waals surface area contributed by atoms with Crippen LogP contribution in [0.3, 0.4) is 0 Å². The van der Waals surface area contributed by atoms with Gasteiger partial charge in [-0.05, 0) is 26.3 Å². The van der Waals surface area contributed by atoms with Crippen LogP contribution >= 0.6 is 0 Å². The highest BCUT2D eigenvalue weighted by atomic mass is 16.5. The normalized spacial score (nSPS) is 12.5. The van der Waals surface area contributed by atoms with Crippen LogP contribution in [0.4, 0.5) is 0 Å². The number of hydrogen-bond donors (Lipinski definition) is 0. The summed E-state index contributed by atoms with van der Waals surface area (Å²) in [6.45, 7) is 5.95. The first kappa shape index (κ1) is 20.6.